The molecule has 1 unspecified atom stereocenters. The van der Waals surface area contributed by atoms with Gasteiger partial charge in [-0.3, -0.25) is 14.5 Å². The third kappa shape index (κ3) is 3.79. The SMILES string of the molecule is CNC(=O)c1ccc(CN(C)C(C)c2nc3sc(C)c(C)c3c(=O)[nH]2)cc1. The Kier molecular flexibility index (Phi) is 5.43. The van der Waals surface area contributed by atoms with Crippen LogP contribution in [-0.2, 0) is 6.54 Å². The normalized spacial score (nSPS) is 12.5. The van der Waals surface area contributed by atoms with Crippen molar-refractivity contribution in [3.8, 4) is 0 Å². The molecular weight excluding hydrogens is 360 g/mol. The van der Waals surface area contributed by atoms with Crippen LogP contribution in [0.5, 0.6) is 0 Å². The number of fused-ring (bicyclic) bond motifs is 1. The summed E-state index contributed by atoms with van der Waals surface area (Å²) in [7, 11) is 3.61. The molecule has 0 fully saturated rings. The minimum Gasteiger partial charge on any atom is -0.355 e. The van der Waals surface area contributed by atoms with Crippen molar-refractivity contribution in [2.45, 2.75) is 33.4 Å². The maximum absolute atomic E-state index is 12.5. The number of aryl methyl sites for hydroxylation is 2. The Bertz CT molecular complexity index is 1040. The van der Waals surface area contributed by atoms with E-state index >= 15 is 0 Å². The third-order valence-electron chi connectivity index (χ3n) is 4.99. The molecule has 142 valence electrons. The predicted octanol–water partition coefficient (Wildman–Crippen LogP) is 3.15. The van der Waals surface area contributed by atoms with Crippen LogP contribution in [0.4, 0.5) is 0 Å². The number of nitrogens with one attached hydrogen (secondary N) is 2. The molecule has 1 aromatic carbocycles. The Labute approximate surface area is 162 Å². The van der Waals surface area contributed by atoms with Gasteiger partial charge in [-0.05, 0) is 51.1 Å². The van der Waals surface area contributed by atoms with Crippen LogP contribution in [-0.4, -0.2) is 34.9 Å². The average molecular weight is 385 g/mol. The number of benzene rings is 1. The molecular formula is C20H24N4O2S. The van der Waals surface area contributed by atoms with Crippen molar-refractivity contribution < 1.29 is 4.79 Å². The minimum atomic E-state index is -0.0973. The first-order valence-corrected chi connectivity index (χ1v) is 9.64. The molecule has 3 rings (SSSR count). The summed E-state index contributed by atoms with van der Waals surface area (Å²) in [6, 6.07) is 7.47. The summed E-state index contributed by atoms with van der Waals surface area (Å²) in [4.78, 5) is 35.8. The van der Waals surface area contributed by atoms with Gasteiger partial charge in [-0.15, -0.1) is 11.3 Å². The van der Waals surface area contributed by atoms with Crippen molar-refractivity contribution in [3.05, 3.63) is 62.0 Å². The molecule has 0 aliphatic carbocycles. The zero-order valence-electron chi connectivity index (χ0n) is 16.2. The van der Waals surface area contributed by atoms with Crippen molar-refractivity contribution in [3.63, 3.8) is 0 Å². The van der Waals surface area contributed by atoms with Crippen LogP contribution in [0.3, 0.4) is 0 Å². The topological polar surface area (TPSA) is 78.1 Å². The largest absolute Gasteiger partial charge is 0.355 e. The summed E-state index contributed by atoms with van der Waals surface area (Å²) < 4.78 is 0. The number of thiophene rings is 1. The van der Waals surface area contributed by atoms with Crippen molar-refractivity contribution in [2.24, 2.45) is 0 Å². The first kappa shape index (κ1) is 19.3. The molecule has 2 N–H and O–H groups in total. The number of nitrogens with zero attached hydrogens (tertiary/aromatic N) is 2. The Morgan fingerprint density at radius 1 is 1.30 bits per heavy atom. The first-order chi connectivity index (χ1) is 12.8. The predicted molar refractivity (Wildman–Crippen MR) is 109 cm³/mol. The minimum absolute atomic E-state index is 0.0524. The molecule has 1 amide bonds. The Hall–Kier alpha value is -2.51. The van der Waals surface area contributed by atoms with E-state index in [1.54, 1.807) is 18.4 Å². The molecule has 0 aliphatic rings. The second kappa shape index (κ2) is 7.62. The number of hydrogen-bond donors (Lipinski definition) is 2. The number of aromatic amines is 1. The van der Waals surface area contributed by atoms with Crippen molar-refractivity contribution in [2.75, 3.05) is 14.1 Å². The number of carbonyl (C=O) groups is 1. The Morgan fingerprint density at radius 3 is 2.59 bits per heavy atom. The second-order valence-corrected chi connectivity index (χ2v) is 7.98. The average Bonchev–Trinajstić information content (AvgIpc) is 2.95. The van der Waals surface area contributed by atoms with Gasteiger partial charge in [0.05, 0.1) is 11.4 Å². The highest BCUT2D eigenvalue weighted by Crippen LogP contribution is 2.27. The molecule has 2 aromatic heterocycles. The highest BCUT2D eigenvalue weighted by Gasteiger charge is 2.18. The van der Waals surface area contributed by atoms with E-state index in [2.05, 4.69) is 15.2 Å². The fraction of sp³-hybridized carbons (Fsp3) is 0.350. The number of H-pyrrole nitrogens is 1. The van der Waals surface area contributed by atoms with E-state index in [1.807, 2.05) is 52.1 Å². The van der Waals surface area contributed by atoms with E-state index in [1.165, 1.54) is 0 Å². The second-order valence-electron chi connectivity index (χ2n) is 6.78. The number of rotatable bonds is 5. The van der Waals surface area contributed by atoms with Crippen LogP contribution >= 0.6 is 11.3 Å². The molecule has 0 aliphatic heterocycles. The molecule has 0 spiro atoms. The lowest BCUT2D eigenvalue weighted by Gasteiger charge is -2.24. The Morgan fingerprint density at radius 2 is 1.96 bits per heavy atom. The fourth-order valence-electron chi connectivity index (χ4n) is 3.01. The fourth-order valence-corrected chi connectivity index (χ4v) is 4.05. The van der Waals surface area contributed by atoms with Gasteiger partial charge in [-0.25, -0.2) is 4.98 Å². The summed E-state index contributed by atoms with van der Waals surface area (Å²) in [5.74, 6) is 0.568. The number of aromatic nitrogens is 2. The number of carbonyl (C=O) groups excluding carboxylic acids is 1. The quantitative estimate of drug-likeness (QED) is 0.708. The van der Waals surface area contributed by atoms with E-state index in [0.717, 1.165) is 20.8 Å². The first-order valence-electron chi connectivity index (χ1n) is 8.83. The number of amides is 1. The summed E-state index contributed by atoms with van der Waals surface area (Å²) in [6.45, 7) is 6.68. The monoisotopic (exact) mass is 384 g/mol. The lowest BCUT2D eigenvalue weighted by molar-refractivity contribution is 0.0963. The van der Waals surface area contributed by atoms with E-state index < -0.39 is 0 Å². The lowest BCUT2D eigenvalue weighted by atomic mass is 10.1. The zero-order valence-corrected chi connectivity index (χ0v) is 17.0. The molecule has 7 heteroatoms. The maximum Gasteiger partial charge on any atom is 0.259 e. The van der Waals surface area contributed by atoms with Gasteiger partial charge in [0.25, 0.3) is 11.5 Å². The molecule has 0 saturated carbocycles. The van der Waals surface area contributed by atoms with E-state index in [9.17, 15) is 9.59 Å². The van der Waals surface area contributed by atoms with Gasteiger partial charge in [0, 0.05) is 24.0 Å². The van der Waals surface area contributed by atoms with Gasteiger partial charge in [-0.2, -0.15) is 0 Å². The van der Waals surface area contributed by atoms with E-state index in [0.29, 0.717) is 23.3 Å². The zero-order chi connectivity index (χ0) is 19.7. The van der Waals surface area contributed by atoms with Gasteiger partial charge >= 0.3 is 0 Å². The lowest BCUT2D eigenvalue weighted by Crippen LogP contribution is -2.26. The molecule has 6 nitrogen and oxygen atoms in total. The molecule has 2 heterocycles. The molecule has 27 heavy (non-hydrogen) atoms. The van der Waals surface area contributed by atoms with E-state index in [4.69, 9.17) is 4.98 Å². The van der Waals surface area contributed by atoms with Crippen LogP contribution < -0.4 is 10.9 Å². The van der Waals surface area contributed by atoms with Gasteiger partial charge < -0.3 is 10.3 Å². The summed E-state index contributed by atoms with van der Waals surface area (Å²) >= 11 is 1.56. The third-order valence-corrected chi connectivity index (χ3v) is 6.09. The van der Waals surface area contributed by atoms with Gasteiger partial charge in [0.15, 0.2) is 0 Å². The maximum atomic E-state index is 12.5. The standard InChI is InChI=1S/C20H24N4O2S/c1-11-13(3)27-20-16(11)19(26)22-17(23-20)12(2)24(5)10-14-6-8-15(9-7-14)18(25)21-4/h6-9,12H,10H2,1-5H3,(H,21,25)(H,22,23,26). The van der Waals surface area contributed by atoms with Crippen LogP contribution in [0, 0.1) is 13.8 Å². The molecule has 3 aromatic rings. The van der Waals surface area contributed by atoms with Crippen LogP contribution in [0.15, 0.2) is 29.1 Å². The summed E-state index contributed by atoms with van der Waals surface area (Å²) in [5.41, 5.74) is 2.65. The smallest absolute Gasteiger partial charge is 0.259 e. The molecule has 1 atom stereocenters. The summed E-state index contributed by atoms with van der Waals surface area (Å²) in [6.07, 6.45) is 0. The van der Waals surface area contributed by atoms with Crippen molar-refractivity contribution >= 4 is 27.5 Å². The van der Waals surface area contributed by atoms with Gasteiger partial charge in [-0.1, -0.05) is 12.1 Å². The highest BCUT2D eigenvalue weighted by molar-refractivity contribution is 7.18. The number of hydrogen-bond acceptors (Lipinski definition) is 5. The van der Waals surface area contributed by atoms with Crippen LogP contribution in [0.2, 0.25) is 0 Å². The van der Waals surface area contributed by atoms with E-state index in [-0.39, 0.29) is 17.5 Å². The van der Waals surface area contributed by atoms with Crippen LogP contribution in [0.1, 0.15) is 45.2 Å². The molecule has 0 radical (unpaired) electrons. The van der Waals surface area contributed by atoms with Crippen LogP contribution in [0.25, 0.3) is 10.2 Å². The van der Waals surface area contributed by atoms with Gasteiger partial charge in [0.2, 0.25) is 0 Å². The molecule has 0 bridgehead atoms. The summed E-state index contributed by atoms with van der Waals surface area (Å²) in [5, 5.41) is 3.31. The molecule has 0 saturated heterocycles. The highest BCUT2D eigenvalue weighted by atomic mass is 32.1. The Balaban J connectivity index is 1.81. The van der Waals surface area contributed by atoms with Crippen molar-refractivity contribution in [1.29, 1.82) is 0 Å². The van der Waals surface area contributed by atoms with Gasteiger partial charge in [0.1, 0.15) is 10.7 Å². The van der Waals surface area contributed by atoms with Crippen molar-refractivity contribution in [1.82, 2.24) is 20.2 Å².